The lowest BCUT2D eigenvalue weighted by Crippen LogP contribution is -2.65. The van der Waals surface area contributed by atoms with Crippen molar-refractivity contribution < 1.29 is 14.7 Å². The number of aliphatic hydroxyl groups is 1. The Hall–Kier alpha value is -2.14. The molecule has 1 amide bonds. The van der Waals surface area contributed by atoms with Crippen LogP contribution in [0.1, 0.15) is 75.3 Å². The van der Waals surface area contributed by atoms with Crippen molar-refractivity contribution in [2.45, 2.75) is 82.7 Å². The Bertz CT molecular complexity index is 979. The number of anilines is 1. The van der Waals surface area contributed by atoms with Crippen LogP contribution in [0.2, 0.25) is 0 Å². The second-order valence-electron chi connectivity index (χ2n) is 11.2. The summed E-state index contributed by atoms with van der Waals surface area (Å²) in [5.41, 5.74) is 5.08. The number of aliphatic hydroxyl groups excluding tert-OH is 1. The highest BCUT2D eigenvalue weighted by Gasteiger charge is 2.58. The van der Waals surface area contributed by atoms with E-state index < -0.39 is 0 Å². The first-order valence-corrected chi connectivity index (χ1v) is 12.5. The number of benzene rings is 1. The van der Waals surface area contributed by atoms with E-state index in [0.29, 0.717) is 12.3 Å². The number of nitrogens with zero attached hydrogens (tertiary/aromatic N) is 1. The van der Waals surface area contributed by atoms with Gasteiger partial charge in [0.05, 0.1) is 0 Å². The van der Waals surface area contributed by atoms with Crippen LogP contribution in [0.15, 0.2) is 30.0 Å². The molecule has 3 heterocycles. The van der Waals surface area contributed by atoms with Crippen LogP contribution in [-0.2, 0) is 16.0 Å². The van der Waals surface area contributed by atoms with Crippen molar-refractivity contribution in [2.24, 2.45) is 17.3 Å². The number of Topliss-reactive ketones (excluding diaryl/α,β-unsaturated/α-hetero) is 1. The highest BCUT2D eigenvalue weighted by Crippen LogP contribution is 2.56. The molecule has 4 bridgehead atoms. The van der Waals surface area contributed by atoms with Crippen LogP contribution >= 0.6 is 0 Å². The first kappa shape index (κ1) is 20.5. The molecule has 6 aliphatic rings. The summed E-state index contributed by atoms with van der Waals surface area (Å²) in [6.07, 6.45) is 10.7. The van der Waals surface area contributed by atoms with Crippen molar-refractivity contribution >= 4 is 17.4 Å². The normalized spacial score (nSPS) is 33.4. The van der Waals surface area contributed by atoms with Crippen molar-refractivity contribution in [1.29, 1.82) is 0 Å². The summed E-state index contributed by atoms with van der Waals surface area (Å²) in [7, 11) is 0. The van der Waals surface area contributed by atoms with Gasteiger partial charge in [0, 0.05) is 35.8 Å². The molecule has 32 heavy (non-hydrogen) atoms. The second kappa shape index (κ2) is 7.44. The lowest BCUT2D eigenvalue weighted by molar-refractivity contribution is -0.168. The molecule has 170 valence electrons. The van der Waals surface area contributed by atoms with Gasteiger partial charge in [0.2, 0.25) is 5.91 Å². The van der Waals surface area contributed by atoms with Crippen molar-refractivity contribution in [2.75, 3.05) is 11.9 Å². The molecule has 3 unspecified atom stereocenters. The lowest BCUT2D eigenvalue weighted by atomic mass is 9.54. The predicted molar refractivity (Wildman–Crippen MR) is 123 cm³/mol. The third kappa shape index (κ3) is 3.23. The van der Waals surface area contributed by atoms with Gasteiger partial charge in [-0.2, -0.15) is 0 Å². The van der Waals surface area contributed by atoms with Gasteiger partial charge in [-0.1, -0.05) is 19.1 Å². The molecular weight excluding hydrogens is 400 g/mol. The molecule has 3 aliphatic heterocycles. The van der Waals surface area contributed by atoms with Gasteiger partial charge in [0.15, 0.2) is 5.78 Å². The molecule has 3 atom stereocenters. The average Bonchev–Trinajstić information content (AvgIpc) is 3.62. The molecule has 5 nitrogen and oxygen atoms in total. The van der Waals surface area contributed by atoms with Gasteiger partial charge in [-0.3, -0.25) is 9.59 Å². The molecule has 3 saturated carbocycles. The summed E-state index contributed by atoms with van der Waals surface area (Å²) >= 11 is 0. The number of hydrogen-bond acceptors (Lipinski definition) is 4. The van der Waals surface area contributed by atoms with Crippen LogP contribution in [0.3, 0.4) is 0 Å². The molecule has 0 spiro atoms. The monoisotopic (exact) mass is 434 g/mol. The molecule has 0 aromatic heterocycles. The SMILES string of the molecule is CC(CC(=O)N1C2CC3CC1CC(C(=O)CO)(C3)C2)C1=CNc2cccc(C3CC3)c2C1. The number of allylic oxidation sites excluding steroid dienone is 1. The quantitative estimate of drug-likeness (QED) is 0.705. The summed E-state index contributed by atoms with van der Waals surface area (Å²) < 4.78 is 0. The number of hydrogen-bond donors (Lipinski definition) is 2. The third-order valence-corrected chi connectivity index (χ3v) is 9.09. The van der Waals surface area contributed by atoms with E-state index in [1.54, 1.807) is 0 Å². The summed E-state index contributed by atoms with van der Waals surface area (Å²) in [6.45, 7) is 1.83. The highest BCUT2D eigenvalue weighted by molar-refractivity contribution is 5.87. The van der Waals surface area contributed by atoms with Crippen LogP contribution in [0.5, 0.6) is 0 Å². The minimum atomic E-state index is -0.369. The van der Waals surface area contributed by atoms with E-state index in [0.717, 1.165) is 44.4 Å². The van der Waals surface area contributed by atoms with E-state index in [-0.39, 0.29) is 41.7 Å². The standard InChI is InChI=1S/C27H34N2O3/c1-16(19-10-23-22(18-5-6-18)3-2-4-24(23)28-14-19)7-26(32)29-20-8-17-9-21(29)13-27(11-17,12-20)25(31)15-30/h2-4,14,16-18,20-21,28,30H,5-13,15H2,1H3. The number of carbonyl (C=O) groups excluding carboxylic acids is 2. The fourth-order valence-electron chi connectivity index (χ4n) is 7.50. The maximum atomic E-state index is 13.5. The van der Waals surface area contributed by atoms with Crippen LogP contribution in [0, 0.1) is 17.3 Å². The Morgan fingerprint density at radius 2 is 1.94 bits per heavy atom. The van der Waals surface area contributed by atoms with Crippen molar-refractivity contribution in [3.63, 3.8) is 0 Å². The van der Waals surface area contributed by atoms with Gasteiger partial charge in [0.25, 0.3) is 0 Å². The minimum absolute atomic E-state index is 0.000866. The van der Waals surface area contributed by atoms with E-state index >= 15 is 0 Å². The number of rotatable bonds is 6. The minimum Gasteiger partial charge on any atom is -0.389 e. The molecule has 0 radical (unpaired) electrons. The molecule has 1 aromatic rings. The van der Waals surface area contributed by atoms with Gasteiger partial charge in [-0.05, 0) is 91.9 Å². The summed E-state index contributed by atoms with van der Waals surface area (Å²) in [5.74, 6) is 1.70. The lowest BCUT2D eigenvalue weighted by Gasteiger charge is -2.61. The number of piperidine rings is 2. The smallest absolute Gasteiger partial charge is 0.223 e. The van der Waals surface area contributed by atoms with Crippen LogP contribution < -0.4 is 5.32 Å². The van der Waals surface area contributed by atoms with Gasteiger partial charge in [0.1, 0.15) is 6.61 Å². The zero-order valence-electron chi connectivity index (χ0n) is 19.0. The fraction of sp³-hybridized carbons (Fsp3) is 0.630. The Morgan fingerprint density at radius 1 is 1.19 bits per heavy atom. The molecular formula is C27H34N2O3. The number of nitrogens with one attached hydrogen (secondary N) is 1. The number of fused-ring (bicyclic) bond motifs is 1. The molecule has 5 fully saturated rings. The summed E-state index contributed by atoms with van der Waals surface area (Å²) in [5, 5.41) is 13.0. The van der Waals surface area contributed by atoms with Gasteiger partial charge >= 0.3 is 0 Å². The number of carbonyl (C=O) groups is 2. The van der Waals surface area contributed by atoms with Crippen molar-refractivity contribution in [3.8, 4) is 0 Å². The Labute approximate surface area is 190 Å². The first-order valence-electron chi connectivity index (χ1n) is 12.5. The van der Waals surface area contributed by atoms with E-state index in [2.05, 4.69) is 41.5 Å². The average molecular weight is 435 g/mol. The molecule has 1 aromatic carbocycles. The van der Waals surface area contributed by atoms with Crippen LogP contribution in [0.4, 0.5) is 5.69 Å². The largest absolute Gasteiger partial charge is 0.389 e. The summed E-state index contributed by atoms with van der Waals surface area (Å²) in [4.78, 5) is 28.2. The highest BCUT2D eigenvalue weighted by atomic mass is 16.3. The van der Waals surface area contributed by atoms with E-state index in [4.69, 9.17) is 0 Å². The van der Waals surface area contributed by atoms with Crippen molar-refractivity contribution in [3.05, 3.63) is 41.1 Å². The third-order valence-electron chi connectivity index (χ3n) is 9.09. The molecule has 2 saturated heterocycles. The van der Waals surface area contributed by atoms with Gasteiger partial charge in [-0.25, -0.2) is 0 Å². The number of amides is 1. The Morgan fingerprint density at radius 3 is 2.62 bits per heavy atom. The van der Waals surface area contributed by atoms with Crippen LogP contribution in [0.25, 0.3) is 0 Å². The van der Waals surface area contributed by atoms with Crippen molar-refractivity contribution in [1.82, 2.24) is 4.90 Å². The fourth-order valence-corrected chi connectivity index (χ4v) is 7.50. The Kier molecular flexibility index (Phi) is 4.76. The van der Waals surface area contributed by atoms with E-state index in [9.17, 15) is 14.7 Å². The molecule has 5 heteroatoms. The van der Waals surface area contributed by atoms with E-state index in [1.807, 2.05) is 0 Å². The zero-order valence-corrected chi connectivity index (χ0v) is 19.0. The molecule has 3 aliphatic carbocycles. The number of ketones is 1. The maximum absolute atomic E-state index is 13.5. The Balaban J connectivity index is 1.16. The summed E-state index contributed by atoms with van der Waals surface area (Å²) in [6, 6.07) is 6.95. The first-order chi connectivity index (χ1) is 15.5. The maximum Gasteiger partial charge on any atom is 0.223 e. The second-order valence-corrected chi connectivity index (χ2v) is 11.2. The van der Waals surface area contributed by atoms with E-state index in [1.165, 1.54) is 35.2 Å². The topological polar surface area (TPSA) is 69.6 Å². The zero-order chi connectivity index (χ0) is 22.0. The molecule has 7 rings (SSSR count). The van der Waals surface area contributed by atoms with Crippen LogP contribution in [-0.4, -0.2) is 40.4 Å². The molecule has 2 N–H and O–H groups in total. The van der Waals surface area contributed by atoms with Gasteiger partial charge in [-0.15, -0.1) is 0 Å². The van der Waals surface area contributed by atoms with Gasteiger partial charge < -0.3 is 15.3 Å². The predicted octanol–water partition coefficient (Wildman–Crippen LogP) is 4.16.